The first-order valence-corrected chi connectivity index (χ1v) is 11.2. The zero-order valence-corrected chi connectivity index (χ0v) is 19.4. The van der Waals surface area contributed by atoms with Crippen molar-refractivity contribution in [1.29, 1.82) is 0 Å². The smallest absolute Gasteiger partial charge is 0.234 e. The molecule has 1 heterocycles. The Hall–Kier alpha value is -3.06. The summed E-state index contributed by atoms with van der Waals surface area (Å²) in [5.74, 6) is -0.282. The van der Waals surface area contributed by atoms with Gasteiger partial charge in [-0.15, -0.1) is 0 Å². The Balaban J connectivity index is 1.48. The van der Waals surface area contributed by atoms with Crippen molar-refractivity contribution < 1.29 is 14.6 Å². The molecule has 3 aromatic rings. The fourth-order valence-corrected chi connectivity index (χ4v) is 3.72. The Kier molecular flexibility index (Phi) is 9.57. The van der Waals surface area contributed by atoms with E-state index in [1.807, 2.05) is 91.8 Å². The van der Waals surface area contributed by atoms with Crippen LogP contribution in [0.2, 0.25) is 0 Å². The highest BCUT2D eigenvalue weighted by Gasteiger charge is 2.25. The molecular formula is C27H33N3O3. The second kappa shape index (κ2) is 12.8. The molecule has 0 radical (unpaired) electrons. The zero-order valence-electron chi connectivity index (χ0n) is 19.4. The number of likely N-dealkylation sites (N-methyl/N-ethyl adjacent to an activating group) is 2. The van der Waals surface area contributed by atoms with E-state index in [-0.39, 0.29) is 18.4 Å². The average molecular weight is 448 g/mol. The topological polar surface area (TPSA) is 65.9 Å². The van der Waals surface area contributed by atoms with Gasteiger partial charge in [-0.05, 0) is 29.8 Å². The van der Waals surface area contributed by atoms with E-state index in [1.54, 1.807) is 17.3 Å². The Morgan fingerprint density at radius 2 is 1.58 bits per heavy atom. The minimum atomic E-state index is -0.603. The summed E-state index contributed by atoms with van der Waals surface area (Å²) < 4.78 is 5.59. The summed E-state index contributed by atoms with van der Waals surface area (Å²) in [7, 11) is 3.77. The van der Waals surface area contributed by atoms with E-state index >= 15 is 0 Å². The standard InChI is InChI=1S/C27H33N3O3/c1-29(19-25(31)21-33-20-22-10-9-15-28-18-22)16-17-30(2)27(32)26(23-11-5-3-6-12-23)24-13-7-4-8-14-24/h3-15,18,25-26,31H,16-17,19-21H2,1-2H3. The maximum Gasteiger partial charge on any atom is 0.234 e. The highest BCUT2D eigenvalue weighted by molar-refractivity contribution is 5.87. The summed E-state index contributed by atoms with van der Waals surface area (Å²) >= 11 is 0. The quantitative estimate of drug-likeness (QED) is 0.462. The summed E-state index contributed by atoms with van der Waals surface area (Å²) in [5.41, 5.74) is 2.94. The fraction of sp³-hybridized carbons (Fsp3) is 0.333. The molecule has 1 N–H and O–H groups in total. The van der Waals surface area contributed by atoms with Crippen LogP contribution in [0.4, 0.5) is 0 Å². The molecule has 0 saturated heterocycles. The number of ether oxygens (including phenoxy) is 1. The van der Waals surface area contributed by atoms with E-state index in [4.69, 9.17) is 4.74 Å². The molecule has 0 bridgehead atoms. The lowest BCUT2D eigenvalue weighted by molar-refractivity contribution is -0.130. The molecular weight excluding hydrogens is 414 g/mol. The highest BCUT2D eigenvalue weighted by Crippen LogP contribution is 2.26. The SMILES string of the molecule is CN(CCN(C)C(=O)C(c1ccccc1)c1ccccc1)CC(O)COCc1cccnc1. The second-order valence-corrected chi connectivity index (χ2v) is 8.31. The van der Waals surface area contributed by atoms with Crippen LogP contribution in [-0.4, -0.2) is 72.2 Å². The Morgan fingerprint density at radius 1 is 0.939 bits per heavy atom. The second-order valence-electron chi connectivity index (χ2n) is 8.31. The summed E-state index contributed by atoms with van der Waals surface area (Å²) in [5, 5.41) is 10.3. The Labute approximate surface area is 196 Å². The molecule has 1 aromatic heterocycles. The Bertz CT molecular complexity index is 915. The molecule has 0 aliphatic carbocycles. The number of carbonyl (C=O) groups is 1. The van der Waals surface area contributed by atoms with Crippen LogP contribution in [0.15, 0.2) is 85.2 Å². The molecule has 2 aromatic carbocycles. The van der Waals surface area contributed by atoms with Crippen LogP contribution in [0.25, 0.3) is 0 Å². The van der Waals surface area contributed by atoms with Crippen molar-refractivity contribution in [2.24, 2.45) is 0 Å². The number of aliphatic hydroxyl groups excluding tert-OH is 1. The van der Waals surface area contributed by atoms with E-state index in [2.05, 4.69) is 4.98 Å². The first-order valence-electron chi connectivity index (χ1n) is 11.2. The molecule has 6 heteroatoms. The number of hydrogen-bond acceptors (Lipinski definition) is 5. The van der Waals surface area contributed by atoms with Crippen molar-refractivity contribution >= 4 is 5.91 Å². The van der Waals surface area contributed by atoms with Gasteiger partial charge in [-0.2, -0.15) is 0 Å². The summed E-state index contributed by atoms with van der Waals surface area (Å²) in [6.45, 7) is 2.35. The fourth-order valence-electron chi connectivity index (χ4n) is 3.72. The van der Waals surface area contributed by atoms with E-state index < -0.39 is 6.10 Å². The normalized spacial score (nSPS) is 12.2. The number of carbonyl (C=O) groups excluding carboxylic acids is 1. The van der Waals surface area contributed by atoms with Crippen molar-refractivity contribution in [2.75, 3.05) is 40.3 Å². The first-order chi connectivity index (χ1) is 16.0. The van der Waals surface area contributed by atoms with Crippen molar-refractivity contribution in [1.82, 2.24) is 14.8 Å². The number of rotatable bonds is 12. The van der Waals surface area contributed by atoms with Gasteiger partial charge >= 0.3 is 0 Å². The summed E-state index contributed by atoms with van der Waals surface area (Å²) in [6.07, 6.45) is 2.87. The molecule has 3 rings (SSSR count). The lowest BCUT2D eigenvalue weighted by atomic mass is 9.90. The average Bonchev–Trinajstić information content (AvgIpc) is 2.84. The molecule has 0 saturated carbocycles. The zero-order chi connectivity index (χ0) is 23.5. The van der Waals surface area contributed by atoms with Crippen LogP contribution in [0.3, 0.4) is 0 Å². The van der Waals surface area contributed by atoms with Gasteiger partial charge in [-0.25, -0.2) is 0 Å². The molecule has 1 unspecified atom stereocenters. The highest BCUT2D eigenvalue weighted by atomic mass is 16.5. The van der Waals surface area contributed by atoms with Gasteiger partial charge in [0, 0.05) is 39.1 Å². The van der Waals surface area contributed by atoms with Crippen LogP contribution in [-0.2, 0) is 16.1 Å². The number of pyridine rings is 1. The number of benzene rings is 2. The maximum absolute atomic E-state index is 13.4. The van der Waals surface area contributed by atoms with Gasteiger partial charge in [0.2, 0.25) is 5.91 Å². The predicted octanol–water partition coefficient (Wildman–Crippen LogP) is 3.18. The third-order valence-electron chi connectivity index (χ3n) is 5.53. The number of hydrogen-bond donors (Lipinski definition) is 1. The molecule has 0 aliphatic heterocycles. The van der Waals surface area contributed by atoms with Crippen molar-refractivity contribution in [3.8, 4) is 0 Å². The van der Waals surface area contributed by atoms with E-state index in [9.17, 15) is 9.90 Å². The van der Waals surface area contributed by atoms with E-state index in [0.29, 0.717) is 26.2 Å². The van der Waals surface area contributed by atoms with E-state index in [1.165, 1.54) is 0 Å². The third-order valence-corrected chi connectivity index (χ3v) is 5.53. The monoisotopic (exact) mass is 447 g/mol. The van der Waals surface area contributed by atoms with E-state index in [0.717, 1.165) is 16.7 Å². The third kappa shape index (κ3) is 7.79. The largest absolute Gasteiger partial charge is 0.389 e. The summed E-state index contributed by atoms with van der Waals surface area (Å²) in [6, 6.07) is 23.6. The van der Waals surface area contributed by atoms with Crippen LogP contribution < -0.4 is 0 Å². The predicted molar refractivity (Wildman–Crippen MR) is 130 cm³/mol. The maximum atomic E-state index is 13.4. The van der Waals surface area contributed by atoms with Crippen molar-refractivity contribution in [3.63, 3.8) is 0 Å². The number of aliphatic hydroxyl groups is 1. The lowest BCUT2D eigenvalue weighted by Gasteiger charge is -2.27. The van der Waals surface area contributed by atoms with Crippen LogP contribution in [0.5, 0.6) is 0 Å². The molecule has 1 atom stereocenters. The van der Waals surface area contributed by atoms with Gasteiger partial charge in [-0.3, -0.25) is 9.78 Å². The Morgan fingerprint density at radius 3 is 2.15 bits per heavy atom. The number of amides is 1. The minimum Gasteiger partial charge on any atom is -0.389 e. The van der Waals surface area contributed by atoms with Crippen LogP contribution in [0, 0.1) is 0 Å². The molecule has 33 heavy (non-hydrogen) atoms. The minimum absolute atomic E-state index is 0.0566. The van der Waals surface area contributed by atoms with Crippen LogP contribution in [0.1, 0.15) is 22.6 Å². The molecule has 0 aliphatic rings. The van der Waals surface area contributed by atoms with Gasteiger partial charge in [0.25, 0.3) is 0 Å². The van der Waals surface area contributed by atoms with Gasteiger partial charge in [0.15, 0.2) is 0 Å². The lowest BCUT2D eigenvalue weighted by Crippen LogP contribution is -2.40. The molecule has 1 amide bonds. The number of nitrogens with zero attached hydrogens (tertiary/aromatic N) is 3. The summed E-state index contributed by atoms with van der Waals surface area (Å²) in [4.78, 5) is 21.2. The first kappa shape index (κ1) is 24.6. The number of aromatic nitrogens is 1. The molecule has 174 valence electrons. The van der Waals surface area contributed by atoms with Gasteiger partial charge in [-0.1, -0.05) is 66.7 Å². The van der Waals surface area contributed by atoms with Gasteiger partial charge < -0.3 is 19.6 Å². The van der Waals surface area contributed by atoms with Crippen molar-refractivity contribution in [2.45, 2.75) is 18.6 Å². The van der Waals surface area contributed by atoms with Gasteiger partial charge in [0.1, 0.15) is 0 Å². The molecule has 0 fully saturated rings. The van der Waals surface area contributed by atoms with Crippen LogP contribution >= 0.6 is 0 Å². The van der Waals surface area contributed by atoms with Gasteiger partial charge in [0.05, 0.1) is 25.2 Å². The van der Waals surface area contributed by atoms with Crippen molar-refractivity contribution in [3.05, 3.63) is 102 Å². The molecule has 0 spiro atoms. The molecule has 6 nitrogen and oxygen atoms in total.